The molecule has 0 aromatic rings. The Morgan fingerprint density at radius 3 is 2.08 bits per heavy atom. The molecule has 1 saturated carbocycles. The van der Waals surface area contributed by atoms with Gasteiger partial charge >= 0.3 is 5.97 Å². The van der Waals surface area contributed by atoms with E-state index in [1.54, 1.807) is 0 Å². The molecule has 3 amide bonds. The molecule has 2 aliphatic carbocycles. The lowest BCUT2D eigenvalue weighted by molar-refractivity contribution is -0.137. The van der Waals surface area contributed by atoms with Gasteiger partial charge in [0, 0.05) is 46.5 Å². The molecule has 0 heterocycles. The molecule has 0 spiro atoms. The number of carbonyl (C=O) groups is 5. The van der Waals surface area contributed by atoms with Gasteiger partial charge in [-0.05, 0) is 5.57 Å². The van der Waals surface area contributed by atoms with E-state index in [1.165, 1.54) is 27.7 Å². The summed E-state index contributed by atoms with van der Waals surface area (Å²) in [7, 11) is 0. The van der Waals surface area contributed by atoms with E-state index >= 15 is 0 Å². The first-order valence-corrected chi connectivity index (χ1v) is 8.10. The van der Waals surface area contributed by atoms with Crippen LogP contribution in [-0.4, -0.2) is 35.5 Å². The van der Waals surface area contributed by atoms with Crippen LogP contribution in [0.5, 0.6) is 0 Å². The Bertz CT molecular complexity index is 764. The summed E-state index contributed by atoms with van der Waals surface area (Å²) >= 11 is 0. The van der Waals surface area contributed by atoms with Crippen LogP contribution in [0.3, 0.4) is 0 Å². The number of ether oxygens (including phenoxy) is 1. The van der Waals surface area contributed by atoms with Gasteiger partial charge in [0.2, 0.25) is 17.7 Å². The summed E-state index contributed by atoms with van der Waals surface area (Å²) in [5, 5.41) is 7.92. The van der Waals surface area contributed by atoms with Crippen molar-refractivity contribution in [2.75, 3.05) is 0 Å². The highest BCUT2D eigenvalue weighted by molar-refractivity contribution is 5.88. The molecule has 2 aliphatic rings. The second kappa shape index (κ2) is 7.51. The van der Waals surface area contributed by atoms with Crippen molar-refractivity contribution in [1.29, 1.82) is 0 Å². The number of rotatable bonds is 4. The molecule has 2 atom stereocenters. The summed E-state index contributed by atoms with van der Waals surface area (Å²) in [5.74, 6) is -2.57. The van der Waals surface area contributed by atoms with Gasteiger partial charge in [0.05, 0.1) is 17.4 Å². The maximum absolute atomic E-state index is 12.2. The third-order valence-electron chi connectivity index (χ3n) is 3.99. The van der Waals surface area contributed by atoms with Crippen molar-refractivity contribution in [2.24, 2.45) is 5.92 Å². The van der Waals surface area contributed by atoms with Crippen molar-refractivity contribution in [3.8, 4) is 0 Å². The fourth-order valence-corrected chi connectivity index (χ4v) is 3.27. The topological polar surface area (TPSA) is 131 Å². The van der Waals surface area contributed by atoms with Crippen LogP contribution in [-0.2, 0) is 28.7 Å². The van der Waals surface area contributed by atoms with Crippen LogP contribution in [0.15, 0.2) is 22.7 Å². The highest BCUT2D eigenvalue weighted by atomic mass is 16.5. The van der Waals surface area contributed by atoms with Crippen LogP contribution in [0.1, 0.15) is 40.5 Å². The van der Waals surface area contributed by atoms with Crippen molar-refractivity contribution in [2.45, 2.75) is 46.6 Å². The van der Waals surface area contributed by atoms with Crippen LogP contribution in [0.25, 0.3) is 0 Å². The number of amides is 3. The normalized spacial score (nSPS) is 21.9. The van der Waals surface area contributed by atoms with Crippen molar-refractivity contribution in [3.63, 3.8) is 0 Å². The fraction of sp³-hybridized carbons (Fsp3) is 0.471. The lowest BCUT2D eigenvalue weighted by Crippen LogP contribution is -2.52. The number of ketones is 1. The summed E-state index contributed by atoms with van der Waals surface area (Å²) in [5.41, 5.74) is 0.758. The van der Waals surface area contributed by atoms with Crippen LogP contribution in [0.4, 0.5) is 0 Å². The third-order valence-corrected chi connectivity index (χ3v) is 3.99. The van der Waals surface area contributed by atoms with Gasteiger partial charge in [0.15, 0.2) is 5.76 Å². The summed E-state index contributed by atoms with van der Waals surface area (Å²) in [4.78, 5) is 58.8. The van der Waals surface area contributed by atoms with Gasteiger partial charge in [-0.25, -0.2) is 0 Å². The van der Waals surface area contributed by atoms with Crippen LogP contribution in [0, 0.1) is 5.92 Å². The van der Waals surface area contributed by atoms with Gasteiger partial charge in [-0.1, -0.05) is 0 Å². The molecule has 2 bridgehead atoms. The van der Waals surface area contributed by atoms with Crippen molar-refractivity contribution < 1.29 is 28.7 Å². The van der Waals surface area contributed by atoms with E-state index in [2.05, 4.69) is 16.0 Å². The average Bonchev–Trinajstić information content (AvgIpc) is 2.47. The highest BCUT2D eigenvalue weighted by Gasteiger charge is 2.45. The SMILES string of the molecule is CC(=O)NC1=C2CC(=O)CC(C(NC(C)=O)=C1OC(C)=O)C2NC(C)=O. The van der Waals surface area contributed by atoms with E-state index in [9.17, 15) is 24.0 Å². The molecule has 0 saturated heterocycles. The molecule has 9 nitrogen and oxygen atoms in total. The molecule has 2 unspecified atom stereocenters. The summed E-state index contributed by atoms with van der Waals surface area (Å²) in [6.45, 7) is 5.06. The first-order chi connectivity index (χ1) is 12.1. The zero-order valence-electron chi connectivity index (χ0n) is 15.0. The number of hydrogen-bond donors (Lipinski definition) is 3. The van der Waals surface area contributed by atoms with Gasteiger partial charge in [-0.15, -0.1) is 0 Å². The Kier molecular flexibility index (Phi) is 5.59. The molecule has 0 aliphatic heterocycles. The summed E-state index contributed by atoms with van der Waals surface area (Å²) < 4.78 is 5.27. The Morgan fingerprint density at radius 1 is 0.962 bits per heavy atom. The standard InChI is InChI=1S/C17H21N3O6/c1-7(21)18-14-12-5-11(25)6-13(14)16(20-9(3)23)17(26-10(4)24)15(12)19-8(2)22/h12,14H,5-6H2,1-4H3,(H,18,21)(H,19,22)(H,20,23). The van der Waals surface area contributed by atoms with Gasteiger partial charge in [0.25, 0.3) is 0 Å². The number of hydrogen-bond acceptors (Lipinski definition) is 6. The molecule has 0 aromatic heterocycles. The lowest BCUT2D eigenvalue weighted by atomic mass is 9.73. The molecule has 3 N–H and O–H groups in total. The summed E-state index contributed by atoms with van der Waals surface area (Å²) in [6, 6.07) is -0.604. The molecular formula is C17H21N3O6. The van der Waals surface area contributed by atoms with Crippen LogP contribution >= 0.6 is 0 Å². The van der Waals surface area contributed by atoms with Gasteiger partial charge in [-0.3, -0.25) is 24.0 Å². The monoisotopic (exact) mass is 363 g/mol. The van der Waals surface area contributed by atoms with E-state index in [0.717, 1.165) is 0 Å². The predicted molar refractivity (Wildman–Crippen MR) is 88.8 cm³/mol. The zero-order chi connectivity index (χ0) is 19.6. The van der Waals surface area contributed by atoms with Gasteiger partial charge < -0.3 is 20.7 Å². The van der Waals surface area contributed by atoms with Crippen LogP contribution < -0.4 is 16.0 Å². The second-order valence-corrected chi connectivity index (χ2v) is 6.30. The van der Waals surface area contributed by atoms with E-state index in [1.807, 2.05) is 0 Å². The lowest BCUT2D eigenvalue weighted by Gasteiger charge is -2.40. The van der Waals surface area contributed by atoms with Crippen molar-refractivity contribution in [3.05, 3.63) is 22.7 Å². The minimum Gasteiger partial charge on any atom is -0.423 e. The first kappa shape index (κ1) is 19.4. The first-order valence-electron chi connectivity index (χ1n) is 8.10. The maximum atomic E-state index is 12.2. The number of esters is 1. The number of nitrogens with one attached hydrogen (secondary N) is 3. The Morgan fingerprint density at radius 2 is 1.58 bits per heavy atom. The third kappa shape index (κ3) is 4.16. The van der Waals surface area contributed by atoms with E-state index in [-0.39, 0.29) is 41.7 Å². The van der Waals surface area contributed by atoms with Crippen molar-refractivity contribution in [1.82, 2.24) is 16.0 Å². The largest absolute Gasteiger partial charge is 0.423 e. The highest BCUT2D eigenvalue weighted by Crippen LogP contribution is 2.41. The molecule has 140 valence electrons. The quantitative estimate of drug-likeness (QED) is 0.592. The molecule has 2 rings (SSSR count). The van der Waals surface area contributed by atoms with E-state index in [4.69, 9.17) is 4.74 Å². The maximum Gasteiger partial charge on any atom is 0.308 e. The molecule has 26 heavy (non-hydrogen) atoms. The summed E-state index contributed by atoms with van der Waals surface area (Å²) in [6.07, 6.45) is 0.0529. The average molecular weight is 363 g/mol. The molecule has 0 aromatic carbocycles. The minimum atomic E-state index is -0.645. The molecular weight excluding hydrogens is 342 g/mol. The van der Waals surface area contributed by atoms with Crippen LogP contribution in [0.2, 0.25) is 0 Å². The Labute approximate surface area is 150 Å². The van der Waals surface area contributed by atoms with Crippen molar-refractivity contribution >= 4 is 29.5 Å². The predicted octanol–water partition coefficient (Wildman–Crippen LogP) is -0.215. The zero-order valence-corrected chi connectivity index (χ0v) is 15.0. The molecule has 1 fully saturated rings. The number of carbonyl (C=O) groups excluding carboxylic acids is 5. The second-order valence-electron chi connectivity index (χ2n) is 6.30. The Balaban J connectivity index is 2.70. The van der Waals surface area contributed by atoms with E-state index < -0.39 is 29.7 Å². The van der Waals surface area contributed by atoms with Gasteiger partial charge in [0.1, 0.15) is 5.78 Å². The number of Topliss-reactive ketones (excluding diaryl/α,β-unsaturated/α-hetero) is 1. The molecule has 0 radical (unpaired) electrons. The number of fused-ring (bicyclic) bond motifs is 2. The molecule has 9 heteroatoms. The van der Waals surface area contributed by atoms with E-state index in [0.29, 0.717) is 5.57 Å². The fourth-order valence-electron chi connectivity index (χ4n) is 3.27. The minimum absolute atomic E-state index is 0.00278. The Hall–Kier alpha value is -2.97. The van der Waals surface area contributed by atoms with Gasteiger partial charge in [-0.2, -0.15) is 0 Å². The smallest absolute Gasteiger partial charge is 0.308 e.